The van der Waals surface area contributed by atoms with Crippen molar-refractivity contribution in [2.24, 2.45) is 0 Å². The van der Waals surface area contributed by atoms with Crippen molar-refractivity contribution in [2.75, 3.05) is 37.4 Å². The number of methoxy groups -OCH3 is 1. The fourth-order valence-corrected chi connectivity index (χ4v) is 7.02. The Morgan fingerprint density at radius 2 is 2.03 bits per heavy atom. The molecule has 12 heteroatoms. The SMILES string of the molecule is COC(=O)CCS(=O)(=O)C1C=C(c2ccc3nc(OC4CCN(c5cnc(C)cn5)CC4)sc3c2)CCN1. The molecule has 5 rings (SSSR count). The summed E-state index contributed by atoms with van der Waals surface area (Å²) in [6.45, 7) is 4.17. The summed E-state index contributed by atoms with van der Waals surface area (Å²) in [7, 11) is -2.28. The summed E-state index contributed by atoms with van der Waals surface area (Å²) < 4.78 is 37.3. The number of carbonyl (C=O) groups is 1. The smallest absolute Gasteiger partial charge is 0.306 e. The van der Waals surface area contributed by atoms with Gasteiger partial charge in [-0.25, -0.2) is 18.4 Å². The van der Waals surface area contributed by atoms with Gasteiger partial charge in [-0.1, -0.05) is 17.4 Å². The zero-order valence-corrected chi connectivity index (χ0v) is 23.1. The Bertz CT molecular complexity index is 1430. The Balaban J connectivity index is 1.24. The molecule has 0 spiro atoms. The third-order valence-corrected chi connectivity index (χ3v) is 9.60. The van der Waals surface area contributed by atoms with Crippen molar-refractivity contribution >= 4 is 48.8 Å². The van der Waals surface area contributed by atoms with E-state index in [4.69, 9.17) is 4.74 Å². The number of thiazole rings is 1. The van der Waals surface area contributed by atoms with Gasteiger partial charge in [-0.05, 0) is 42.7 Å². The molecule has 202 valence electrons. The monoisotopic (exact) mass is 557 g/mol. The van der Waals surface area contributed by atoms with Gasteiger partial charge in [0.25, 0.3) is 5.19 Å². The third kappa shape index (κ3) is 6.13. The van der Waals surface area contributed by atoms with Gasteiger partial charge in [0.1, 0.15) is 17.3 Å². The van der Waals surface area contributed by atoms with Gasteiger partial charge in [-0.15, -0.1) is 0 Å². The fraction of sp³-hybridized carbons (Fsp3) is 0.462. The number of esters is 1. The van der Waals surface area contributed by atoms with Crippen molar-refractivity contribution in [2.45, 2.75) is 44.1 Å². The minimum Gasteiger partial charge on any atom is -0.469 e. The number of sulfone groups is 1. The van der Waals surface area contributed by atoms with Crippen LogP contribution in [0.1, 0.15) is 36.9 Å². The summed E-state index contributed by atoms with van der Waals surface area (Å²) in [6, 6.07) is 5.98. The lowest BCUT2D eigenvalue weighted by atomic mass is 10.0. The van der Waals surface area contributed by atoms with Crippen LogP contribution in [0.25, 0.3) is 15.8 Å². The lowest BCUT2D eigenvalue weighted by Gasteiger charge is -2.32. The topological polar surface area (TPSA) is 124 Å². The van der Waals surface area contributed by atoms with E-state index in [-0.39, 0.29) is 18.3 Å². The van der Waals surface area contributed by atoms with Crippen LogP contribution in [0.2, 0.25) is 0 Å². The molecule has 10 nitrogen and oxygen atoms in total. The van der Waals surface area contributed by atoms with E-state index < -0.39 is 21.2 Å². The van der Waals surface area contributed by atoms with E-state index in [1.165, 1.54) is 18.4 Å². The Morgan fingerprint density at radius 3 is 2.76 bits per heavy atom. The first kappa shape index (κ1) is 26.5. The zero-order chi connectivity index (χ0) is 26.7. The molecule has 1 aromatic carbocycles. The molecule has 0 amide bonds. The molecular formula is C26H31N5O5S2. The highest BCUT2D eigenvalue weighted by Crippen LogP contribution is 2.33. The van der Waals surface area contributed by atoms with Crippen LogP contribution in [-0.4, -0.2) is 73.3 Å². The van der Waals surface area contributed by atoms with E-state index in [2.05, 4.69) is 29.9 Å². The van der Waals surface area contributed by atoms with Crippen molar-refractivity contribution in [1.29, 1.82) is 0 Å². The standard InChI is InChI=1S/C26H31N5O5S2/c1-17-15-29-23(16-28-17)31-10-6-20(7-11-31)36-26-30-21-4-3-18(13-22(21)37-26)19-5-9-27-24(14-19)38(33,34)12-8-25(32)35-2/h3-4,13-16,20,24,27H,5-12H2,1-2H3. The second kappa shape index (κ2) is 11.3. The second-order valence-corrected chi connectivity index (χ2v) is 12.7. The van der Waals surface area contributed by atoms with Gasteiger partial charge in [-0.2, -0.15) is 0 Å². The zero-order valence-electron chi connectivity index (χ0n) is 21.4. The highest BCUT2D eigenvalue weighted by atomic mass is 32.2. The maximum absolute atomic E-state index is 12.8. The van der Waals surface area contributed by atoms with Gasteiger partial charge in [-0.3, -0.25) is 15.1 Å². The fourth-order valence-electron chi connectivity index (χ4n) is 4.65. The number of hydrogen-bond acceptors (Lipinski definition) is 11. The molecule has 1 N–H and O–H groups in total. The molecule has 3 aromatic rings. The van der Waals surface area contributed by atoms with E-state index in [1.807, 2.05) is 31.3 Å². The van der Waals surface area contributed by atoms with Crippen LogP contribution in [0.15, 0.2) is 36.7 Å². The summed E-state index contributed by atoms with van der Waals surface area (Å²) >= 11 is 1.51. The number of fused-ring (bicyclic) bond motifs is 1. The summed E-state index contributed by atoms with van der Waals surface area (Å²) in [5.41, 5.74) is 3.69. The molecule has 2 aliphatic rings. The van der Waals surface area contributed by atoms with Crippen molar-refractivity contribution in [3.63, 3.8) is 0 Å². The first-order valence-corrected chi connectivity index (χ1v) is 15.2. The number of anilines is 1. The van der Waals surface area contributed by atoms with Crippen molar-refractivity contribution in [3.8, 4) is 5.19 Å². The predicted octanol–water partition coefficient (Wildman–Crippen LogP) is 3.12. The molecule has 0 bridgehead atoms. The molecular weight excluding hydrogens is 526 g/mol. The molecule has 0 saturated carbocycles. The highest BCUT2D eigenvalue weighted by molar-refractivity contribution is 7.92. The largest absolute Gasteiger partial charge is 0.469 e. The molecule has 1 atom stereocenters. The highest BCUT2D eigenvalue weighted by Gasteiger charge is 2.28. The molecule has 1 saturated heterocycles. The maximum atomic E-state index is 12.8. The number of nitrogens with one attached hydrogen (secondary N) is 1. The van der Waals surface area contributed by atoms with E-state index >= 15 is 0 Å². The number of carbonyl (C=O) groups excluding carboxylic acids is 1. The number of piperidine rings is 1. The van der Waals surface area contributed by atoms with Crippen molar-refractivity contribution < 1.29 is 22.7 Å². The van der Waals surface area contributed by atoms with Gasteiger partial charge >= 0.3 is 5.97 Å². The predicted molar refractivity (Wildman–Crippen MR) is 147 cm³/mol. The van der Waals surface area contributed by atoms with E-state index in [0.29, 0.717) is 18.2 Å². The Kier molecular flexibility index (Phi) is 7.91. The summed E-state index contributed by atoms with van der Waals surface area (Å²) in [5.74, 6) is 0.105. The first-order chi connectivity index (χ1) is 18.3. The molecule has 2 aliphatic heterocycles. The lowest BCUT2D eigenvalue weighted by molar-refractivity contribution is -0.140. The molecule has 38 heavy (non-hydrogen) atoms. The molecule has 2 aromatic heterocycles. The second-order valence-electron chi connectivity index (χ2n) is 9.49. The van der Waals surface area contributed by atoms with E-state index in [9.17, 15) is 13.2 Å². The van der Waals surface area contributed by atoms with Gasteiger partial charge in [0.2, 0.25) is 0 Å². The minimum absolute atomic E-state index is 0.0905. The van der Waals surface area contributed by atoms with Crippen molar-refractivity contribution in [1.82, 2.24) is 20.3 Å². The average molecular weight is 558 g/mol. The van der Waals surface area contributed by atoms with Crippen LogP contribution >= 0.6 is 11.3 Å². The van der Waals surface area contributed by atoms with Crippen LogP contribution in [0.3, 0.4) is 0 Å². The molecule has 0 aliphatic carbocycles. The maximum Gasteiger partial charge on any atom is 0.306 e. The third-order valence-electron chi connectivity index (χ3n) is 6.84. The first-order valence-electron chi connectivity index (χ1n) is 12.6. The number of nitrogens with zero attached hydrogens (tertiary/aromatic N) is 4. The summed E-state index contributed by atoms with van der Waals surface area (Å²) in [6.07, 6.45) is 7.76. The van der Waals surface area contributed by atoms with Crippen LogP contribution in [0.4, 0.5) is 5.82 Å². The van der Waals surface area contributed by atoms with E-state index in [0.717, 1.165) is 58.8 Å². The van der Waals surface area contributed by atoms with Crippen molar-refractivity contribution in [3.05, 3.63) is 47.9 Å². The number of aromatic nitrogens is 3. The number of rotatable bonds is 8. The van der Waals surface area contributed by atoms with Gasteiger partial charge in [0.15, 0.2) is 9.84 Å². The lowest BCUT2D eigenvalue weighted by Crippen LogP contribution is -2.40. The Morgan fingerprint density at radius 1 is 1.21 bits per heavy atom. The number of aryl methyl sites for hydroxylation is 1. The normalized spacial score (nSPS) is 18.8. The van der Waals surface area contributed by atoms with Gasteiger partial charge in [0.05, 0.1) is 47.6 Å². The Labute approximate surface area is 226 Å². The molecule has 1 fully saturated rings. The molecule has 4 heterocycles. The van der Waals surface area contributed by atoms with Gasteiger partial charge in [0, 0.05) is 32.5 Å². The number of ether oxygens (including phenoxy) is 2. The minimum atomic E-state index is -3.54. The van der Waals surface area contributed by atoms with Crippen LogP contribution in [0, 0.1) is 6.92 Å². The summed E-state index contributed by atoms with van der Waals surface area (Å²) in [5, 5.41) is 2.86. The number of hydrogen-bond donors (Lipinski definition) is 1. The van der Waals surface area contributed by atoms with E-state index in [1.54, 1.807) is 12.3 Å². The Hall–Kier alpha value is -3.09. The molecule has 1 unspecified atom stereocenters. The molecule has 0 radical (unpaired) electrons. The van der Waals surface area contributed by atoms with Crippen LogP contribution in [0.5, 0.6) is 5.19 Å². The quantitative estimate of drug-likeness (QED) is 0.413. The number of benzene rings is 1. The van der Waals surface area contributed by atoms with Gasteiger partial charge < -0.3 is 14.4 Å². The summed E-state index contributed by atoms with van der Waals surface area (Å²) in [4.78, 5) is 27.1. The van der Waals surface area contributed by atoms with Crippen LogP contribution in [-0.2, 0) is 19.4 Å². The van der Waals surface area contributed by atoms with Crippen LogP contribution < -0.4 is 15.0 Å². The average Bonchev–Trinajstić information content (AvgIpc) is 3.34.